The van der Waals surface area contributed by atoms with Crippen LogP contribution in [0.4, 0.5) is 0 Å². The van der Waals surface area contributed by atoms with Gasteiger partial charge in [0, 0.05) is 40.7 Å². The zero-order chi connectivity index (χ0) is 13.8. The Kier molecular flexibility index (Phi) is 2.81. The molecule has 6 heteroatoms. The number of amides is 1. The molecule has 1 aliphatic rings. The molecule has 0 aliphatic carbocycles. The SMILES string of the molecule is CC(C)(C)[C@H]1CNC(=O)c2cc3cnc(I)nc3n21. The highest BCUT2D eigenvalue weighted by atomic mass is 127. The number of halogens is 1. The third-order valence-electron chi connectivity index (χ3n) is 3.55. The zero-order valence-electron chi connectivity index (χ0n) is 11.1. The maximum absolute atomic E-state index is 12.0. The molecule has 0 saturated carbocycles. The van der Waals surface area contributed by atoms with Crippen molar-refractivity contribution in [3.63, 3.8) is 0 Å². The smallest absolute Gasteiger partial charge is 0.268 e. The summed E-state index contributed by atoms with van der Waals surface area (Å²) < 4.78 is 2.77. The van der Waals surface area contributed by atoms with Crippen LogP contribution in [-0.4, -0.2) is 27.0 Å². The summed E-state index contributed by atoms with van der Waals surface area (Å²) >= 11 is 2.10. The first-order chi connectivity index (χ1) is 8.88. The number of nitrogens with zero attached hydrogens (tertiary/aromatic N) is 3. The lowest BCUT2D eigenvalue weighted by molar-refractivity contribution is 0.0884. The molecule has 0 aromatic carbocycles. The molecule has 0 saturated heterocycles. The molecule has 1 amide bonds. The highest BCUT2D eigenvalue weighted by Gasteiger charge is 2.35. The molecule has 1 aliphatic heterocycles. The molecule has 5 nitrogen and oxygen atoms in total. The lowest BCUT2D eigenvalue weighted by Gasteiger charge is -2.36. The monoisotopic (exact) mass is 370 g/mol. The summed E-state index contributed by atoms with van der Waals surface area (Å²) in [5, 5.41) is 3.88. The molecule has 2 aromatic heterocycles. The Morgan fingerprint density at radius 2 is 2.21 bits per heavy atom. The van der Waals surface area contributed by atoms with Crippen LogP contribution in [0.15, 0.2) is 12.3 Å². The van der Waals surface area contributed by atoms with E-state index in [2.05, 4.69) is 63.2 Å². The summed E-state index contributed by atoms with van der Waals surface area (Å²) in [6.45, 7) is 7.17. The van der Waals surface area contributed by atoms with Crippen LogP contribution in [0.25, 0.3) is 11.0 Å². The van der Waals surface area contributed by atoms with Gasteiger partial charge in [-0.1, -0.05) is 20.8 Å². The molecule has 19 heavy (non-hydrogen) atoms. The second-order valence-corrected chi connectivity index (χ2v) is 6.87. The lowest BCUT2D eigenvalue weighted by Crippen LogP contribution is -2.43. The van der Waals surface area contributed by atoms with E-state index < -0.39 is 0 Å². The zero-order valence-corrected chi connectivity index (χ0v) is 13.2. The molecule has 0 fully saturated rings. The first kappa shape index (κ1) is 12.8. The van der Waals surface area contributed by atoms with Crippen molar-refractivity contribution in [2.75, 3.05) is 6.54 Å². The number of carbonyl (C=O) groups excluding carboxylic acids is 1. The van der Waals surface area contributed by atoms with Gasteiger partial charge in [-0.25, -0.2) is 9.97 Å². The normalized spacial score (nSPS) is 19.4. The van der Waals surface area contributed by atoms with E-state index in [4.69, 9.17) is 0 Å². The Morgan fingerprint density at radius 3 is 2.89 bits per heavy atom. The molecule has 1 N–H and O–H groups in total. The van der Waals surface area contributed by atoms with Gasteiger partial charge in [-0.3, -0.25) is 4.79 Å². The molecular formula is C13H15IN4O. The third kappa shape index (κ3) is 2.01. The fourth-order valence-electron chi connectivity index (χ4n) is 2.54. The standard InChI is InChI=1S/C13H15IN4O/c1-13(2,3)9-6-15-11(19)8-4-7-5-16-12(14)17-10(7)18(8)9/h4-5,9H,6H2,1-3H3,(H,15,19)/t9-/m1/s1. The van der Waals surface area contributed by atoms with E-state index in [1.807, 2.05) is 6.07 Å². The quantitative estimate of drug-likeness (QED) is 0.572. The molecule has 2 aromatic rings. The van der Waals surface area contributed by atoms with Crippen molar-refractivity contribution in [3.8, 4) is 0 Å². The number of nitrogens with one attached hydrogen (secondary N) is 1. The molecular weight excluding hydrogens is 355 g/mol. The fraction of sp³-hybridized carbons (Fsp3) is 0.462. The summed E-state index contributed by atoms with van der Waals surface area (Å²) in [7, 11) is 0. The van der Waals surface area contributed by atoms with Gasteiger partial charge in [0.25, 0.3) is 5.91 Å². The Balaban J connectivity index is 2.32. The van der Waals surface area contributed by atoms with E-state index >= 15 is 0 Å². The number of aromatic nitrogens is 3. The predicted molar refractivity (Wildman–Crippen MR) is 81.1 cm³/mol. The molecule has 0 unspecified atom stereocenters. The number of hydrogen-bond acceptors (Lipinski definition) is 3. The summed E-state index contributed by atoms with van der Waals surface area (Å²) in [5.41, 5.74) is 1.58. The van der Waals surface area contributed by atoms with Gasteiger partial charge in [0.2, 0.25) is 0 Å². The van der Waals surface area contributed by atoms with Gasteiger partial charge < -0.3 is 9.88 Å². The van der Waals surface area contributed by atoms with Crippen LogP contribution in [0, 0.1) is 9.25 Å². The fourth-order valence-corrected chi connectivity index (χ4v) is 2.91. The number of rotatable bonds is 0. The molecule has 0 radical (unpaired) electrons. The molecule has 3 heterocycles. The molecule has 100 valence electrons. The second-order valence-electron chi connectivity index (χ2n) is 5.91. The van der Waals surface area contributed by atoms with Gasteiger partial charge in [-0.15, -0.1) is 0 Å². The van der Waals surface area contributed by atoms with E-state index in [1.165, 1.54) is 0 Å². The van der Waals surface area contributed by atoms with Crippen LogP contribution < -0.4 is 5.32 Å². The van der Waals surface area contributed by atoms with Crippen LogP contribution in [0.2, 0.25) is 0 Å². The van der Waals surface area contributed by atoms with Crippen LogP contribution in [0.3, 0.4) is 0 Å². The average Bonchev–Trinajstić information content (AvgIpc) is 2.68. The largest absolute Gasteiger partial charge is 0.349 e. The lowest BCUT2D eigenvalue weighted by atomic mass is 9.85. The van der Waals surface area contributed by atoms with Crippen LogP contribution in [-0.2, 0) is 0 Å². The van der Waals surface area contributed by atoms with Gasteiger partial charge in [0.1, 0.15) is 11.3 Å². The second kappa shape index (κ2) is 4.16. The minimum Gasteiger partial charge on any atom is -0.349 e. The van der Waals surface area contributed by atoms with Gasteiger partial charge >= 0.3 is 0 Å². The van der Waals surface area contributed by atoms with Crippen LogP contribution in [0.5, 0.6) is 0 Å². The summed E-state index contributed by atoms with van der Waals surface area (Å²) in [4.78, 5) is 20.7. The van der Waals surface area contributed by atoms with Crippen molar-refractivity contribution in [1.29, 1.82) is 0 Å². The van der Waals surface area contributed by atoms with E-state index in [0.29, 0.717) is 16.1 Å². The minimum atomic E-state index is -0.0338. The molecule has 3 rings (SSSR count). The summed E-state index contributed by atoms with van der Waals surface area (Å²) in [6, 6.07) is 2.07. The van der Waals surface area contributed by atoms with Gasteiger partial charge in [-0.2, -0.15) is 0 Å². The molecule has 0 bridgehead atoms. The Labute approximate surface area is 124 Å². The van der Waals surface area contributed by atoms with Gasteiger partial charge in [-0.05, 0) is 11.5 Å². The van der Waals surface area contributed by atoms with E-state index in [1.54, 1.807) is 6.20 Å². The highest BCUT2D eigenvalue weighted by Crippen LogP contribution is 2.36. The van der Waals surface area contributed by atoms with Crippen molar-refractivity contribution >= 4 is 39.5 Å². The van der Waals surface area contributed by atoms with Crippen LogP contribution >= 0.6 is 22.6 Å². The first-order valence-electron chi connectivity index (χ1n) is 6.19. The number of hydrogen-bond donors (Lipinski definition) is 1. The van der Waals surface area contributed by atoms with Crippen LogP contribution in [0.1, 0.15) is 37.3 Å². The molecule has 1 atom stereocenters. The summed E-state index contributed by atoms with van der Waals surface area (Å²) in [6.07, 6.45) is 1.78. The maximum Gasteiger partial charge on any atom is 0.268 e. The predicted octanol–water partition coefficient (Wildman–Crippen LogP) is 2.37. The van der Waals surface area contributed by atoms with Crippen molar-refractivity contribution in [2.45, 2.75) is 26.8 Å². The first-order valence-corrected chi connectivity index (χ1v) is 7.27. The summed E-state index contributed by atoms with van der Waals surface area (Å²) in [5.74, 6) is -0.0338. The molecule has 0 spiro atoms. The minimum absolute atomic E-state index is 0.0338. The Bertz CT molecular complexity index is 671. The van der Waals surface area contributed by atoms with Crippen molar-refractivity contribution < 1.29 is 4.79 Å². The van der Waals surface area contributed by atoms with Gasteiger partial charge in [0.05, 0.1) is 6.04 Å². The van der Waals surface area contributed by atoms with Crippen molar-refractivity contribution in [3.05, 3.63) is 21.8 Å². The van der Waals surface area contributed by atoms with E-state index in [9.17, 15) is 4.79 Å². The number of fused-ring (bicyclic) bond motifs is 3. The maximum atomic E-state index is 12.0. The third-order valence-corrected chi connectivity index (χ3v) is 4.07. The Morgan fingerprint density at radius 1 is 1.47 bits per heavy atom. The topological polar surface area (TPSA) is 59.8 Å². The highest BCUT2D eigenvalue weighted by molar-refractivity contribution is 14.1. The van der Waals surface area contributed by atoms with Crippen molar-refractivity contribution in [1.82, 2.24) is 19.9 Å². The van der Waals surface area contributed by atoms with Crippen molar-refractivity contribution in [2.24, 2.45) is 5.41 Å². The Hall–Kier alpha value is -1.18. The average molecular weight is 370 g/mol. The van der Waals surface area contributed by atoms with E-state index in [-0.39, 0.29) is 17.4 Å². The van der Waals surface area contributed by atoms with Gasteiger partial charge in [0.15, 0.2) is 3.83 Å². The number of carbonyl (C=O) groups is 1. The van der Waals surface area contributed by atoms with E-state index in [0.717, 1.165) is 11.0 Å².